The normalized spacial score (nSPS) is 17.8. The summed E-state index contributed by atoms with van der Waals surface area (Å²) in [7, 11) is 0. The molecule has 0 bridgehead atoms. The van der Waals surface area contributed by atoms with Crippen LogP contribution in [0.15, 0.2) is 34.0 Å². The van der Waals surface area contributed by atoms with E-state index in [0.717, 1.165) is 30.7 Å². The van der Waals surface area contributed by atoms with E-state index in [2.05, 4.69) is 15.6 Å². The average molecular weight is 525 g/mol. The third-order valence-corrected chi connectivity index (χ3v) is 7.87. The Morgan fingerprint density at radius 3 is 2.65 bits per heavy atom. The number of carbonyl (C=O) groups excluding carboxylic acids is 2. The second-order valence-electron chi connectivity index (χ2n) is 10.3. The molecule has 0 spiro atoms. The molecule has 3 aromatic rings. The Hall–Kier alpha value is -3.47. The van der Waals surface area contributed by atoms with Crippen molar-refractivity contribution in [2.45, 2.75) is 65.1 Å². The second-order valence-corrected chi connectivity index (χ2v) is 11.5. The van der Waals surface area contributed by atoms with Crippen molar-refractivity contribution in [3.63, 3.8) is 0 Å². The molecular formula is C26H32N6O4S. The van der Waals surface area contributed by atoms with Crippen LogP contribution in [-0.4, -0.2) is 50.1 Å². The molecule has 2 aromatic heterocycles. The van der Waals surface area contributed by atoms with Crippen LogP contribution in [0.1, 0.15) is 60.3 Å². The summed E-state index contributed by atoms with van der Waals surface area (Å²) >= 11 is 1.34. The molecule has 11 heteroatoms. The van der Waals surface area contributed by atoms with Gasteiger partial charge in [-0.15, -0.1) is 11.3 Å². The van der Waals surface area contributed by atoms with Gasteiger partial charge in [-0.1, -0.05) is 0 Å². The first-order chi connectivity index (χ1) is 17.7. The van der Waals surface area contributed by atoms with Gasteiger partial charge in [0.05, 0.1) is 22.1 Å². The molecule has 1 aliphatic heterocycles. The fraction of sp³-hybridized carbons (Fsp3) is 0.500. The molecule has 196 valence electrons. The molecule has 2 N–H and O–H groups in total. The van der Waals surface area contributed by atoms with Crippen molar-refractivity contribution in [2.24, 2.45) is 5.92 Å². The Balaban J connectivity index is 1.34. The van der Waals surface area contributed by atoms with Crippen LogP contribution >= 0.6 is 11.3 Å². The van der Waals surface area contributed by atoms with E-state index in [9.17, 15) is 19.2 Å². The smallest absolute Gasteiger partial charge is 0.331 e. The summed E-state index contributed by atoms with van der Waals surface area (Å²) < 4.78 is 2.99. The first kappa shape index (κ1) is 25.2. The second kappa shape index (κ2) is 10.1. The van der Waals surface area contributed by atoms with E-state index in [1.807, 2.05) is 20.8 Å². The van der Waals surface area contributed by atoms with Gasteiger partial charge in [0.1, 0.15) is 4.88 Å². The summed E-state index contributed by atoms with van der Waals surface area (Å²) in [6, 6.07) is 4.55. The largest absolute Gasteiger partial charge is 0.347 e. The molecule has 1 saturated carbocycles. The van der Waals surface area contributed by atoms with Crippen molar-refractivity contribution in [3.8, 4) is 0 Å². The number of aryl methyl sites for hydroxylation is 1. The fourth-order valence-electron chi connectivity index (χ4n) is 4.88. The van der Waals surface area contributed by atoms with Gasteiger partial charge in [-0.25, -0.2) is 14.6 Å². The van der Waals surface area contributed by atoms with Crippen molar-refractivity contribution in [1.29, 1.82) is 0 Å². The molecular weight excluding hydrogens is 492 g/mol. The summed E-state index contributed by atoms with van der Waals surface area (Å²) in [5.41, 5.74) is 0.451. The van der Waals surface area contributed by atoms with Crippen molar-refractivity contribution >= 4 is 39.9 Å². The maximum absolute atomic E-state index is 13.3. The summed E-state index contributed by atoms with van der Waals surface area (Å²) in [5, 5.41) is 7.16. The lowest BCUT2D eigenvalue weighted by Gasteiger charge is -2.33. The number of piperidine rings is 1. The average Bonchev–Trinajstić information content (AvgIpc) is 3.58. The Morgan fingerprint density at radius 1 is 1.19 bits per heavy atom. The Kier molecular flexibility index (Phi) is 6.89. The minimum atomic E-state index is -0.320. The Labute approximate surface area is 218 Å². The van der Waals surface area contributed by atoms with Crippen LogP contribution in [0.4, 0.5) is 10.5 Å². The molecule has 3 amide bonds. The zero-order chi connectivity index (χ0) is 26.3. The number of hydrogen-bond acceptors (Lipinski definition) is 6. The van der Waals surface area contributed by atoms with Crippen LogP contribution < -0.4 is 21.9 Å². The number of anilines is 1. The standard InChI is InChI=1S/C26H32N6O4S/c1-15(2)32-21-9-8-18(11-20(21)24(34)31(26(32)36)13-17-6-7-17)29-25(35)30-10-4-5-19(14-30)28-23(33)22-12-27-16(3)37-22/h8-9,11-12,15,17,19H,4-7,10,13-14H2,1-3H3,(H,28,33)(H,29,35)/t19-/m1/s1. The van der Waals surface area contributed by atoms with Gasteiger partial charge in [0.25, 0.3) is 11.5 Å². The van der Waals surface area contributed by atoms with E-state index in [1.165, 1.54) is 15.9 Å². The highest BCUT2D eigenvalue weighted by atomic mass is 32.1. The molecule has 1 saturated heterocycles. The number of carbonyl (C=O) groups is 2. The third-order valence-electron chi connectivity index (χ3n) is 6.96. The van der Waals surface area contributed by atoms with E-state index in [-0.39, 0.29) is 35.3 Å². The van der Waals surface area contributed by atoms with E-state index < -0.39 is 0 Å². The van der Waals surface area contributed by atoms with E-state index in [0.29, 0.717) is 47.0 Å². The Morgan fingerprint density at radius 2 is 1.97 bits per heavy atom. The number of fused-ring (bicyclic) bond motifs is 1. The van der Waals surface area contributed by atoms with Gasteiger partial charge in [0.2, 0.25) is 0 Å². The molecule has 1 atom stereocenters. The number of likely N-dealkylation sites (tertiary alicyclic amines) is 1. The number of urea groups is 1. The fourth-order valence-corrected chi connectivity index (χ4v) is 5.56. The predicted molar refractivity (Wildman–Crippen MR) is 144 cm³/mol. The number of hydrogen-bond donors (Lipinski definition) is 2. The number of thiazole rings is 1. The first-order valence-electron chi connectivity index (χ1n) is 12.8. The number of rotatable bonds is 6. The quantitative estimate of drug-likeness (QED) is 0.513. The highest BCUT2D eigenvalue weighted by molar-refractivity contribution is 7.13. The molecule has 0 unspecified atom stereocenters. The molecule has 3 heterocycles. The molecule has 2 aliphatic rings. The highest BCUT2D eigenvalue weighted by Crippen LogP contribution is 2.30. The summed E-state index contributed by atoms with van der Waals surface area (Å²) in [4.78, 5) is 58.4. The van der Waals surface area contributed by atoms with E-state index in [1.54, 1.807) is 33.9 Å². The van der Waals surface area contributed by atoms with Gasteiger partial charge >= 0.3 is 11.7 Å². The number of nitrogens with zero attached hydrogens (tertiary/aromatic N) is 4. The maximum atomic E-state index is 13.3. The maximum Gasteiger partial charge on any atom is 0.331 e. The van der Waals surface area contributed by atoms with E-state index in [4.69, 9.17) is 0 Å². The lowest BCUT2D eigenvalue weighted by molar-refractivity contribution is 0.0917. The zero-order valence-corrected chi connectivity index (χ0v) is 22.1. The number of benzene rings is 1. The molecule has 5 rings (SSSR count). The zero-order valence-electron chi connectivity index (χ0n) is 21.3. The minimum Gasteiger partial charge on any atom is -0.347 e. The SMILES string of the molecule is Cc1ncc(C(=O)N[C@@H]2CCCN(C(=O)Nc3ccc4c(c3)c(=O)n(CC3CC3)c(=O)n4C(C)C)C2)s1. The van der Waals surface area contributed by atoms with E-state index >= 15 is 0 Å². The molecule has 0 radical (unpaired) electrons. The lowest BCUT2D eigenvalue weighted by Crippen LogP contribution is -2.50. The Bertz CT molecular complexity index is 1470. The summed E-state index contributed by atoms with van der Waals surface area (Å²) in [6.07, 6.45) is 5.19. The van der Waals surface area contributed by atoms with Crippen LogP contribution in [0.25, 0.3) is 10.9 Å². The van der Waals surface area contributed by atoms with Crippen LogP contribution in [0, 0.1) is 12.8 Å². The van der Waals surface area contributed by atoms with Crippen LogP contribution in [0.2, 0.25) is 0 Å². The lowest BCUT2D eigenvalue weighted by atomic mass is 10.1. The third kappa shape index (κ3) is 5.31. The highest BCUT2D eigenvalue weighted by Gasteiger charge is 2.27. The molecule has 1 aromatic carbocycles. The molecule has 10 nitrogen and oxygen atoms in total. The number of nitrogens with one attached hydrogen (secondary N) is 2. The van der Waals surface area contributed by atoms with Gasteiger partial charge in [0.15, 0.2) is 0 Å². The van der Waals surface area contributed by atoms with Crippen LogP contribution in [0.3, 0.4) is 0 Å². The minimum absolute atomic E-state index is 0.115. The molecule has 2 fully saturated rings. The van der Waals surface area contributed by atoms with Crippen molar-refractivity contribution in [1.82, 2.24) is 24.3 Å². The van der Waals surface area contributed by atoms with Gasteiger partial charge in [-0.3, -0.25) is 18.7 Å². The monoisotopic (exact) mass is 524 g/mol. The van der Waals surface area contributed by atoms with Gasteiger partial charge in [-0.2, -0.15) is 0 Å². The summed E-state index contributed by atoms with van der Waals surface area (Å²) in [6.45, 7) is 7.09. The molecule has 37 heavy (non-hydrogen) atoms. The topological polar surface area (TPSA) is 118 Å². The van der Waals surface area contributed by atoms with Crippen LogP contribution in [-0.2, 0) is 6.54 Å². The summed E-state index contributed by atoms with van der Waals surface area (Å²) in [5.74, 6) is 0.199. The van der Waals surface area contributed by atoms with Gasteiger partial charge in [-0.05, 0) is 70.6 Å². The van der Waals surface area contributed by atoms with Crippen molar-refractivity contribution in [2.75, 3.05) is 18.4 Å². The van der Waals surface area contributed by atoms with Gasteiger partial charge < -0.3 is 15.5 Å². The molecule has 1 aliphatic carbocycles. The van der Waals surface area contributed by atoms with Gasteiger partial charge in [0, 0.05) is 37.4 Å². The van der Waals surface area contributed by atoms with Crippen molar-refractivity contribution in [3.05, 3.63) is 55.1 Å². The number of aromatic nitrogens is 3. The first-order valence-corrected chi connectivity index (χ1v) is 13.6. The van der Waals surface area contributed by atoms with Crippen LogP contribution in [0.5, 0.6) is 0 Å². The predicted octanol–water partition coefficient (Wildman–Crippen LogP) is 3.35. The van der Waals surface area contributed by atoms with Crippen molar-refractivity contribution < 1.29 is 9.59 Å². The number of amides is 3.